The molecule has 222 valence electrons. The molecule has 0 aromatic heterocycles. The number of Topliss-reactive ketones (excluding diaryl/α,β-unsaturated/α-hetero) is 2. The number of aliphatic carboxylic acids is 1. The molecule has 2 aromatic rings. The molecule has 0 bridgehead atoms. The number of carbonyl (C=O) groups excluding carboxylic acids is 2. The third kappa shape index (κ3) is 6.00. The highest BCUT2D eigenvalue weighted by atomic mass is 127. The van der Waals surface area contributed by atoms with E-state index in [0.717, 1.165) is 36.2 Å². The summed E-state index contributed by atoms with van der Waals surface area (Å²) in [5.41, 5.74) is 5.00. The molecule has 1 heterocycles. The maximum Gasteiger partial charge on any atom is 0.341 e. The minimum atomic E-state index is -1.09. The number of nitrogens with zero attached hydrogens (tertiary/aromatic N) is 1. The van der Waals surface area contributed by atoms with Gasteiger partial charge in [-0.15, -0.1) is 0 Å². The number of halogens is 1. The molecule has 8 heteroatoms. The normalized spacial score (nSPS) is 19.9. The van der Waals surface area contributed by atoms with Crippen LogP contribution in [0.3, 0.4) is 0 Å². The summed E-state index contributed by atoms with van der Waals surface area (Å²) in [4.78, 5) is 41.7. The van der Waals surface area contributed by atoms with Crippen molar-refractivity contribution in [2.75, 3.05) is 20.3 Å². The highest BCUT2D eigenvalue weighted by Crippen LogP contribution is 2.55. The molecule has 7 nitrogen and oxygen atoms in total. The smallest absolute Gasteiger partial charge is 0.341 e. The average Bonchev–Trinajstić information content (AvgIpc) is 2.89. The molecule has 0 atom stereocenters. The van der Waals surface area contributed by atoms with Gasteiger partial charge < -0.3 is 19.5 Å². The minimum absolute atomic E-state index is 0.0697. The molecule has 2 aromatic carbocycles. The zero-order chi connectivity index (χ0) is 30.4. The third-order valence-electron chi connectivity index (χ3n) is 8.41. The van der Waals surface area contributed by atoms with Crippen molar-refractivity contribution in [1.82, 2.24) is 4.90 Å². The molecule has 0 amide bonds. The van der Waals surface area contributed by atoms with Crippen molar-refractivity contribution in [1.29, 1.82) is 0 Å². The van der Waals surface area contributed by atoms with Gasteiger partial charge in [0, 0.05) is 47.8 Å². The van der Waals surface area contributed by atoms with E-state index in [1.165, 1.54) is 12.7 Å². The maximum atomic E-state index is 14.1. The van der Waals surface area contributed by atoms with Crippen LogP contribution < -0.4 is 9.47 Å². The van der Waals surface area contributed by atoms with E-state index in [1.807, 2.05) is 24.3 Å². The first-order valence-electron chi connectivity index (χ1n) is 14.4. The van der Waals surface area contributed by atoms with Gasteiger partial charge in [-0.1, -0.05) is 58.0 Å². The van der Waals surface area contributed by atoms with E-state index in [1.54, 1.807) is 6.07 Å². The van der Waals surface area contributed by atoms with Crippen LogP contribution in [-0.4, -0.2) is 47.8 Å². The molecule has 42 heavy (non-hydrogen) atoms. The van der Waals surface area contributed by atoms with E-state index in [0.29, 0.717) is 45.6 Å². The van der Waals surface area contributed by atoms with Gasteiger partial charge >= 0.3 is 5.97 Å². The number of carboxylic acids is 1. The highest BCUT2D eigenvalue weighted by molar-refractivity contribution is 14.1. The number of carboxylic acid groups (broad SMARTS) is 1. The van der Waals surface area contributed by atoms with Crippen LogP contribution in [-0.2, 0) is 20.8 Å². The van der Waals surface area contributed by atoms with Crippen LogP contribution in [0.15, 0.2) is 65.0 Å². The second kappa shape index (κ2) is 11.5. The van der Waals surface area contributed by atoms with Gasteiger partial charge in [0.05, 0.1) is 10.7 Å². The molecule has 0 spiro atoms. The van der Waals surface area contributed by atoms with Crippen molar-refractivity contribution >= 4 is 40.1 Å². The Morgan fingerprint density at radius 1 is 0.952 bits per heavy atom. The topological polar surface area (TPSA) is 93.1 Å². The highest BCUT2D eigenvalue weighted by Gasteiger charge is 2.49. The zero-order valence-electron chi connectivity index (χ0n) is 24.9. The molecule has 0 saturated carbocycles. The molecule has 0 radical (unpaired) electrons. The second-order valence-corrected chi connectivity index (χ2v) is 14.3. The van der Waals surface area contributed by atoms with Crippen LogP contribution in [0.2, 0.25) is 0 Å². The summed E-state index contributed by atoms with van der Waals surface area (Å²) in [5.74, 6) is -0.761. The molecule has 5 rings (SSSR count). The van der Waals surface area contributed by atoms with Crippen molar-refractivity contribution in [3.8, 4) is 11.5 Å². The number of allylic oxidation sites excluding steroid dienone is 4. The lowest BCUT2D eigenvalue weighted by molar-refractivity contribution is -0.139. The Labute approximate surface area is 261 Å². The first kappa shape index (κ1) is 30.3. The molecule has 1 N–H and O–H groups in total. The number of ether oxygens (including phenoxy) is 2. The lowest BCUT2D eigenvalue weighted by Crippen LogP contribution is -2.45. The van der Waals surface area contributed by atoms with E-state index in [9.17, 15) is 19.5 Å². The average molecular weight is 684 g/mol. The summed E-state index contributed by atoms with van der Waals surface area (Å²) in [5, 5.41) is 9.17. The fraction of sp³-hybridized carbons (Fsp3) is 0.441. The summed E-state index contributed by atoms with van der Waals surface area (Å²) in [6, 6.07) is 14.0. The van der Waals surface area contributed by atoms with E-state index in [2.05, 4.69) is 67.3 Å². The zero-order valence-corrected chi connectivity index (χ0v) is 27.0. The fourth-order valence-corrected chi connectivity index (χ4v) is 7.50. The maximum absolute atomic E-state index is 14.1. The lowest BCUT2D eigenvalue weighted by atomic mass is 9.63. The van der Waals surface area contributed by atoms with Gasteiger partial charge in [0.1, 0.15) is 0 Å². The van der Waals surface area contributed by atoms with E-state index >= 15 is 0 Å². The lowest BCUT2D eigenvalue weighted by Gasteiger charge is -2.49. The predicted octanol–water partition coefficient (Wildman–Crippen LogP) is 6.69. The molecule has 2 aliphatic carbocycles. The van der Waals surface area contributed by atoms with Gasteiger partial charge in [0.2, 0.25) is 0 Å². The van der Waals surface area contributed by atoms with Crippen molar-refractivity contribution in [3.63, 3.8) is 0 Å². The summed E-state index contributed by atoms with van der Waals surface area (Å²) in [7, 11) is 1.51. The number of carbonyl (C=O) groups is 3. The van der Waals surface area contributed by atoms with E-state index < -0.39 is 18.5 Å². The van der Waals surface area contributed by atoms with Crippen molar-refractivity contribution in [2.24, 2.45) is 10.8 Å². The first-order chi connectivity index (χ1) is 19.8. The molecular formula is C34H38INO6. The van der Waals surface area contributed by atoms with E-state index in [-0.39, 0.29) is 22.4 Å². The molecule has 0 unspecified atom stereocenters. The summed E-state index contributed by atoms with van der Waals surface area (Å²) in [6.45, 7) is 8.74. The Balaban J connectivity index is 1.70. The molecule has 1 aliphatic heterocycles. The van der Waals surface area contributed by atoms with Crippen LogP contribution in [0.25, 0.3) is 0 Å². The van der Waals surface area contributed by atoms with Crippen LogP contribution in [0.5, 0.6) is 11.5 Å². The van der Waals surface area contributed by atoms with Crippen LogP contribution in [0.4, 0.5) is 0 Å². The Morgan fingerprint density at radius 2 is 1.52 bits per heavy atom. The SMILES string of the molecule is COc1cc(C2C3=C(CC(C)(C)CC3=O)N(CCc3ccccc3)C3=C2C(=O)CC(C)(C)C3)cc(I)c1OCC(=O)O. The van der Waals surface area contributed by atoms with Gasteiger partial charge in [-0.3, -0.25) is 9.59 Å². The van der Waals surface area contributed by atoms with Crippen LogP contribution in [0.1, 0.15) is 70.4 Å². The van der Waals surface area contributed by atoms with Crippen LogP contribution >= 0.6 is 22.6 Å². The standard InChI is InChI=1S/C34H38INO6/c1-33(2)15-23-30(25(37)17-33)29(21-13-22(35)32(27(14-21)41-5)42-19-28(39)40)31-24(16-34(3,4)18-26(31)38)36(23)12-11-20-9-7-6-8-10-20/h6-10,13-14,29H,11-12,15-19H2,1-5H3,(H,39,40). The number of hydrogen-bond donors (Lipinski definition) is 1. The number of rotatable bonds is 8. The molecule has 3 aliphatic rings. The van der Waals surface area contributed by atoms with Crippen molar-refractivity contribution < 1.29 is 29.0 Å². The first-order valence-corrected chi connectivity index (χ1v) is 15.4. The van der Waals surface area contributed by atoms with Gasteiger partial charge in [0.25, 0.3) is 0 Å². The van der Waals surface area contributed by atoms with Gasteiger partial charge in [0.15, 0.2) is 29.7 Å². The van der Waals surface area contributed by atoms with Crippen molar-refractivity contribution in [2.45, 2.75) is 65.7 Å². The summed E-state index contributed by atoms with van der Waals surface area (Å²) >= 11 is 2.11. The minimum Gasteiger partial charge on any atom is -0.493 e. The molecular weight excluding hydrogens is 645 g/mol. The Bertz CT molecular complexity index is 1450. The second-order valence-electron chi connectivity index (χ2n) is 13.1. The third-order valence-corrected chi connectivity index (χ3v) is 9.22. The summed E-state index contributed by atoms with van der Waals surface area (Å²) in [6.07, 6.45) is 3.08. The van der Waals surface area contributed by atoms with Crippen LogP contribution in [0, 0.1) is 14.4 Å². The number of hydrogen-bond acceptors (Lipinski definition) is 6. The number of benzene rings is 2. The van der Waals surface area contributed by atoms with E-state index in [4.69, 9.17) is 9.47 Å². The number of ketones is 2. The Hall–Kier alpha value is -3.14. The largest absolute Gasteiger partial charge is 0.493 e. The Kier molecular flexibility index (Phi) is 8.31. The Morgan fingerprint density at radius 3 is 2.05 bits per heavy atom. The molecule has 0 fully saturated rings. The van der Waals surface area contributed by atoms with Gasteiger partial charge in [-0.25, -0.2) is 4.79 Å². The molecule has 0 saturated heterocycles. The van der Waals surface area contributed by atoms with Gasteiger partial charge in [-0.05, 0) is 75.9 Å². The summed E-state index contributed by atoms with van der Waals surface area (Å²) < 4.78 is 11.9. The van der Waals surface area contributed by atoms with Gasteiger partial charge in [-0.2, -0.15) is 0 Å². The van der Waals surface area contributed by atoms with Crippen molar-refractivity contribution in [3.05, 3.63) is 79.7 Å². The predicted molar refractivity (Wildman–Crippen MR) is 169 cm³/mol. The quantitative estimate of drug-likeness (QED) is 0.310. The monoisotopic (exact) mass is 683 g/mol. The fourth-order valence-electron chi connectivity index (χ4n) is 6.72. The number of methoxy groups -OCH3 is 1.